The molecular formula is C22H26FNO4. The molecule has 0 unspecified atom stereocenters. The van der Waals surface area contributed by atoms with Crippen LogP contribution in [0, 0.1) is 5.82 Å². The van der Waals surface area contributed by atoms with Crippen molar-refractivity contribution in [1.29, 1.82) is 0 Å². The lowest BCUT2D eigenvalue weighted by atomic mass is 9.97. The summed E-state index contributed by atoms with van der Waals surface area (Å²) in [6.07, 6.45) is 3.68. The summed E-state index contributed by atoms with van der Waals surface area (Å²) in [6, 6.07) is 10.9. The second-order valence-corrected chi connectivity index (χ2v) is 6.70. The Labute approximate surface area is 164 Å². The van der Waals surface area contributed by atoms with E-state index in [-0.39, 0.29) is 0 Å². The molecule has 0 saturated carbocycles. The van der Waals surface area contributed by atoms with E-state index in [1.54, 1.807) is 30.3 Å². The Balaban J connectivity index is 2.04. The molecule has 2 rings (SSSR count). The molecule has 0 heterocycles. The Kier molecular flexibility index (Phi) is 7.99. The Morgan fingerprint density at radius 3 is 2.61 bits per heavy atom. The molecule has 0 aromatic heterocycles. The molecule has 0 fully saturated rings. The van der Waals surface area contributed by atoms with E-state index in [1.807, 2.05) is 0 Å². The summed E-state index contributed by atoms with van der Waals surface area (Å²) in [7, 11) is 0. The van der Waals surface area contributed by atoms with Gasteiger partial charge in [-0.25, -0.2) is 9.18 Å². The Morgan fingerprint density at radius 1 is 1.14 bits per heavy atom. The Bertz CT molecular complexity index is 822. The summed E-state index contributed by atoms with van der Waals surface area (Å²) in [4.78, 5) is 22.9. The quantitative estimate of drug-likeness (QED) is 0.569. The maximum absolute atomic E-state index is 14.5. The predicted molar refractivity (Wildman–Crippen MR) is 106 cm³/mol. The summed E-state index contributed by atoms with van der Waals surface area (Å²) in [5.74, 6) is -2.02. The standard InChI is InChI=1S/C22H26FNO4/c1-3-4-5-6-12-24-22(27)28-18-9-7-8-17(13-18)19-11-10-16(14-20(19)23)15(2)21(25)26/h7-11,13-15H,3-6,12H2,1-2H3,(H,24,27)(H,25,26)/t15-/m1/s1. The predicted octanol–water partition coefficient (Wildman–Crippen LogP) is 5.35. The summed E-state index contributed by atoms with van der Waals surface area (Å²) < 4.78 is 19.8. The van der Waals surface area contributed by atoms with Gasteiger partial charge in [0.2, 0.25) is 0 Å². The van der Waals surface area contributed by atoms with Crippen LogP contribution in [0.4, 0.5) is 9.18 Å². The number of benzene rings is 2. The van der Waals surface area contributed by atoms with Crippen LogP contribution in [-0.2, 0) is 4.79 Å². The monoisotopic (exact) mass is 387 g/mol. The molecule has 2 aromatic carbocycles. The number of hydrogen-bond acceptors (Lipinski definition) is 3. The van der Waals surface area contributed by atoms with Crippen LogP contribution in [0.1, 0.15) is 51.0 Å². The van der Waals surface area contributed by atoms with Crippen LogP contribution in [0.15, 0.2) is 42.5 Å². The van der Waals surface area contributed by atoms with Gasteiger partial charge in [0.05, 0.1) is 5.92 Å². The number of hydrogen-bond donors (Lipinski definition) is 2. The molecule has 1 amide bonds. The van der Waals surface area contributed by atoms with Gasteiger partial charge in [-0.05, 0) is 42.7 Å². The van der Waals surface area contributed by atoms with Crippen molar-refractivity contribution in [2.24, 2.45) is 0 Å². The van der Waals surface area contributed by atoms with Crippen molar-refractivity contribution in [3.8, 4) is 16.9 Å². The molecule has 0 aliphatic carbocycles. The molecule has 0 aliphatic rings. The first-order valence-electron chi connectivity index (χ1n) is 9.50. The van der Waals surface area contributed by atoms with Gasteiger partial charge in [0.15, 0.2) is 0 Å². The van der Waals surface area contributed by atoms with Crippen molar-refractivity contribution in [2.45, 2.75) is 45.4 Å². The van der Waals surface area contributed by atoms with Crippen LogP contribution in [0.5, 0.6) is 5.75 Å². The van der Waals surface area contributed by atoms with E-state index in [4.69, 9.17) is 9.84 Å². The molecule has 28 heavy (non-hydrogen) atoms. The van der Waals surface area contributed by atoms with Gasteiger partial charge in [0.1, 0.15) is 11.6 Å². The van der Waals surface area contributed by atoms with Crippen LogP contribution in [-0.4, -0.2) is 23.7 Å². The first-order valence-corrected chi connectivity index (χ1v) is 9.50. The lowest BCUT2D eigenvalue weighted by Crippen LogP contribution is -2.27. The van der Waals surface area contributed by atoms with Crippen molar-refractivity contribution in [2.75, 3.05) is 6.54 Å². The molecule has 1 atom stereocenters. The largest absolute Gasteiger partial charge is 0.481 e. The highest BCUT2D eigenvalue weighted by Crippen LogP contribution is 2.29. The number of carboxylic acids is 1. The highest BCUT2D eigenvalue weighted by molar-refractivity contribution is 5.76. The summed E-state index contributed by atoms with van der Waals surface area (Å²) in [5.41, 5.74) is 1.25. The zero-order valence-electron chi connectivity index (χ0n) is 16.2. The van der Waals surface area contributed by atoms with Gasteiger partial charge in [-0.2, -0.15) is 0 Å². The molecule has 0 spiro atoms. The van der Waals surface area contributed by atoms with Crippen molar-refractivity contribution in [3.05, 3.63) is 53.8 Å². The van der Waals surface area contributed by atoms with Crippen LogP contribution < -0.4 is 10.1 Å². The van der Waals surface area contributed by atoms with E-state index in [0.29, 0.717) is 29.0 Å². The van der Waals surface area contributed by atoms with Crippen LogP contribution >= 0.6 is 0 Å². The van der Waals surface area contributed by atoms with E-state index in [2.05, 4.69) is 12.2 Å². The fraction of sp³-hybridized carbons (Fsp3) is 0.364. The fourth-order valence-electron chi connectivity index (χ4n) is 2.79. The number of nitrogens with one attached hydrogen (secondary N) is 1. The van der Waals surface area contributed by atoms with E-state index < -0.39 is 23.8 Å². The highest BCUT2D eigenvalue weighted by atomic mass is 19.1. The molecule has 2 N–H and O–H groups in total. The second-order valence-electron chi connectivity index (χ2n) is 6.70. The minimum Gasteiger partial charge on any atom is -0.481 e. The van der Waals surface area contributed by atoms with Crippen LogP contribution in [0.3, 0.4) is 0 Å². The minimum absolute atomic E-state index is 0.311. The van der Waals surface area contributed by atoms with Gasteiger partial charge in [-0.3, -0.25) is 4.79 Å². The van der Waals surface area contributed by atoms with Crippen molar-refractivity contribution in [1.82, 2.24) is 5.32 Å². The fourth-order valence-corrected chi connectivity index (χ4v) is 2.79. The van der Waals surface area contributed by atoms with E-state index >= 15 is 0 Å². The van der Waals surface area contributed by atoms with Gasteiger partial charge in [0.25, 0.3) is 0 Å². The van der Waals surface area contributed by atoms with E-state index in [9.17, 15) is 14.0 Å². The molecule has 0 aliphatic heterocycles. The number of halogens is 1. The van der Waals surface area contributed by atoms with Gasteiger partial charge in [0, 0.05) is 12.1 Å². The molecule has 0 bridgehead atoms. The van der Waals surface area contributed by atoms with Gasteiger partial charge in [-0.15, -0.1) is 0 Å². The number of rotatable bonds is 9. The number of unbranched alkanes of at least 4 members (excludes halogenated alkanes) is 3. The molecule has 0 radical (unpaired) electrons. The smallest absolute Gasteiger partial charge is 0.412 e. The van der Waals surface area contributed by atoms with E-state index in [1.165, 1.54) is 19.1 Å². The Hall–Kier alpha value is -2.89. The summed E-state index contributed by atoms with van der Waals surface area (Å²) in [6.45, 7) is 4.18. The number of carbonyl (C=O) groups excluding carboxylic acids is 1. The maximum atomic E-state index is 14.5. The van der Waals surface area contributed by atoms with Crippen LogP contribution in [0.25, 0.3) is 11.1 Å². The average Bonchev–Trinajstić information content (AvgIpc) is 2.67. The average molecular weight is 387 g/mol. The summed E-state index contributed by atoms with van der Waals surface area (Å²) >= 11 is 0. The lowest BCUT2D eigenvalue weighted by molar-refractivity contribution is -0.138. The SMILES string of the molecule is CCCCCCNC(=O)Oc1cccc(-c2ccc([C@@H](C)C(=O)O)cc2F)c1. The van der Waals surface area contributed by atoms with Gasteiger partial charge >= 0.3 is 12.1 Å². The normalized spacial score (nSPS) is 11.7. The molecular weight excluding hydrogens is 361 g/mol. The molecule has 150 valence electrons. The first kappa shape index (κ1) is 21.4. The number of amides is 1. The van der Waals surface area contributed by atoms with Crippen molar-refractivity contribution >= 4 is 12.1 Å². The highest BCUT2D eigenvalue weighted by Gasteiger charge is 2.16. The second kappa shape index (κ2) is 10.4. The Morgan fingerprint density at radius 2 is 1.93 bits per heavy atom. The van der Waals surface area contributed by atoms with Gasteiger partial charge in [-0.1, -0.05) is 50.5 Å². The van der Waals surface area contributed by atoms with E-state index in [0.717, 1.165) is 25.7 Å². The molecule has 2 aromatic rings. The van der Waals surface area contributed by atoms with Crippen LogP contribution in [0.2, 0.25) is 0 Å². The number of carbonyl (C=O) groups is 2. The molecule has 5 nitrogen and oxygen atoms in total. The third kappa shape index (κ3) is 6.08. The zero-order chi connectivity index (χ0) is 20.5. The third-order valence-electron chi connectivity index (χ3n) is 4.52. The topological polar surface area (TPSA) is 75.6 Å². The number of ether oxygens (including phenoxy) is 1. The molecule has 0 saturated heterocycles. The summed E-state index contributed by atoms with van der Waals surface area (Å²) in [5, 5.41) is 11.8. The number of aliphatic carboxylic acids is 1. The first-order chi connectivity index (χ1) is 13.4. The lowest BCUT2D eigenvalue weighted by Gasteiger charge is -2.11. The maximum Gasteiger partial charge on any atom is 0.412 e. The van der Waals surface area contributed by atoms with Crippen molar-refractivity contribution in [3.63, 3.8) is 0 Å². The third-order valence-corrected chi connectivity index (χ3v) is 4.52. The number of carboxylic acid groups (broad SMARTS) is 1. The minimum atomic E-state index is -1.01. The van der Waals surface area contributed by atoms with Gasteiger partial charge < -0.3 is 15.2 Å². The zero-order valence-corrected chi connectivity index (χ0v) is 16.2. The van der Waals surface area contributed by atoms with Crippen molar-refractivity contribution < 1.29 is 23.8 Å². The molecule has 6 heteroatoms.